The van der Waals surface area contributed by atoms with Crippen molar-refractivity contribution in [2.45, 2.75) is 25.2 Å². The minimum atomic E-state index is -0.293. The molecule has 0 aliphatic carbocycles. The van der Waals surface area contributed by atoms with E-state index in [4.69, 9.17) is 9.47 Å². The molecule has 2 bridgehead atoms. The van der Waals surface area contributed by atoms with Crippen LogP contribution in [0.3, 0.4) is 0 Å². The number of rotatable bonds is 3. The van der Waals surface area contributed by atoms with Crippen LogP contribution in [0.5, 0.6) is 0 Å². The van der Waals surface area contributed by atoms with Crippen LogP contribution in [0.15, 0.2) is 66.2 Å². The number of carbonyl (C=O) groups excluding carboxylic acids is 1. The fourth-order valence-electron chi connectivity index (χ4n) is 3.12. The molecule has 2 aliphatic rings. The van der Waals surface area contributed by atoms with Crippen LogP contribution in [0.4, 0.5) is 0 Å². The van der Waals surface area contributed by atoms with Gasteiger partial charge in [0.05, 0.1) is 5.57 Å². The van der Waals surface area contributed by atoms with E-state index in [9.17, 15) is 4.79 Å². The molecule has 2 aromatic carbocycles. The lowest BCUT2D eigenvalue weighted by Crippen LogP contribution is -2.15. The van der Waals surface area contributed by atoms with Gasteiger partial charge in [-0.1, -0.05) is 54.6 Å². The number of fused-ring (bicyclic) bond motifs is 5. The quantitative estimate of drug-likeness (QED) is 0.801. The molecule has 0 radical (unpaired) electrons. The van der Waals surface area contributed by atoms with Gasteiger partial charge in [0.15, 0.2) is 0 Å². The van der Waals surface area contributed by atoms with E-state index in [0.29, 0.717) is 5.57 Å². The molecule has 2 aliphatic heterocycles. The van der Waals surface area contributed by atoms with Gasteiger partial charge < -0.3 is 9.47 Å². The van der Waals surface area contributed by atoms with Crippen LogP contribution in [-0.2, 0) is 14.3 Å². The Bertz CT molecular complexity index is 748. The lowest BCUT2D eigenvalue weighted by Gasteiger charge is -2.17. The molecular weight excluding hydrogens is 276 g/mol. The van der Waals surface area contributed by atoms with E-state index in [0.717, 1.165) is 16.7 Å². The minimum Gasteiger partial charge on any atom is -0.454 e. The predicted molar refractivity (Wildman–Crippen MR) is 82.0 cm³/mol. The minimum absolute atomic E-state index is 0.115. The Kier molecular flexibility index (Phi) is 3.09. The first-order valence-electron chi connectivity index (χ1n) is 7.46. The molecule has 110 valence electrons. The van der Waals surface area contributed by atoms with Crippen molar-refractivity contribution in [3.63, 3.8) is 0 Å². The van der Waals surface area contributed by atoms with Crippen molar-refractivity contribution in [2.75, 3.05) is 0 Å². The van der Waals surface area contributed by atoms with Crippen LogP contribution in [0.25, 0.3) is 0 Å². The molecule has 0 N–H and O–H groups in total. The molecule has 3 nitrogen and oxygen atoms in total. The third-order valence-corrected chi connectivity index (χ3v) is 4.27. The highest BCUT2D eigenvalue weighted by Gasteiger charge is 2.42. The maximum atomic E-state index is 12.5. The zero-order valence-corrected chi connectivity index (χ0v) is 12.2. The fraction of sp³-hybridized carbons (Fsp3) is 0.211. The number of ether oxygens (including phenoxy) is 2. The summed E-state index contributed by atoms with van der Waals surface area (Å²) in [6, 6.07) is 17.8. The Morgan fingerprint density at radius 3 is 2.50 bits per heavy atom. The van der Waals surface area contributed by atoms with Gasteiger partial charge in [-0.25, -0.2) is 4.79 Å². The molecule has 2 heterocycles. The second-order valence-electron chi connectivity index (χ2n) is 5.65. The third kappa shape index (κ3) is 2.06. The lowest BCUT2D eigenvalue weighted by molar-refractivity contribution is -0.144. The maximum Gasteiger partial charge on any atom is 0.337 e. The monoisotopic (exact) mass is 292 g/mol. The van der Waals surface area contributed by atoms with Gasteiger partial charge in [-0.15, -0.1) is 0 Å². The molecule has 0 spiro atoms. The van der Waals surface area contributed by atoms with Crippen molar-refractivity contribution in [2.24, 2.45) is 0 Å². The largest absolute Gasteiger partial charge is 0.454 e. The summed E-state index contributed by atoms with van der Waals surface area (Å²) < 4.78 is 11.5. The summed E-state index contributed by atoms with van der Waals surface area (Å²) in [6.07, 6.45) is 1.21. The van der Waals surface area contributed by atoms with Gasteiger partial charge in [0.25, 0.3) is 0 Å². The molecular formula is C19H16O3. The highest BCUT2D eigenvalue weighted by Crippen LogP contribution is 2.50. The first kappa shape index (κ1) is 13.3. The number of carbonyl (C=O) groups is 1. The van der Waals surface area contributed by atoms with Crippen LogP contribution >= 0.6 is 0 Å². The molecule has 2 aromatic rings. The van der Waals surface area contributed by atoms with Crippen molar-refractivity contribution in [1.29, 1.82) is 0 Å². The van der Waals surface area contributed by atoms with Crippen LogP contribution in [0.1, 0.15) is 41.9 Å². The Morgan fingerprint density at radius 1 is 1.05 bits per heavy atom. The normalized spacial score (nSPS) is 22.9. The molecule has 0 amide bonds. The third-order valence-electron chi connectivity index (χ3n) is 4.27. The van der Waals surface area contributed by atoms with Crippen molar-refractivity contribution >= 4 is 5.97 Å². The molecule has 0 fully saturated rings. The summed E-state index contributed by atoms with van der Waals surface area (Å²) in [5.41, 5.74) is 3.84. The Hall–Kier alpha value is -2.39. The SMILES string of the molecule is C[C@@H](OC(=O)C1=CC2OC1c1ccccc12)c1ccccc1. The smallest absolute Gasteiger partial charge is 0.337 e. The molecule has 0 saturated heterocycles. The van der Waals surface area contributed by atoms with Gasteiger partial charge in [0.2, 0.25) is 0 Å². The average molecular weight is 292 g/mol. The first-order valence-corrected chi connectivity index (χ1v) is 7.46. The van der Waals surface area contributed by atoms with Crippen molar-refractivity contribution < 1.29 is 14.3 Å². The molecule has 3 heteroatoms. The average Bonchev–Trinajstić information content (AvgIpc) is 3.15. The van der Waals surface area contributed by atoms with E-state index >= 15 is 0 Å². The van der Waals surface area contributed by atoms with Crippen LogP contribution < -0.4 is 0 Å². The van der Waals surface area contributed by atoms with Gasteiger partial charge in [0, 0.05) is 0 Å². The fourth-order valence-corrected chi connectivity index (χ4v) is 3.12. The van der Waals surface area contributed by atoms with E-state index in [1.807, 2.05) is 67.6 Å². The molecule has 0 saturated carbocycles. The second kappa shape index (κ2) is 5.11. The maximum absolute atomic E-state index is 12.5. The van der Waals surface area contributed by atoms with Crippen LogP contribution in [0, 0.1) is 0 Å². The van der Waals surface area contributed by atoms with Gasteiger partial charge in [-0.05, 0) is 29.7 Å². The van der Waals surface area contributed by atoms with Gasteiger partial charge >= 0.3 is 5.97 Å². The molecule has 3 atom stereocenters. The summed E-state index contributed by atoms with van der Waals surface area (Å²) in [7, 11) is 0. The molecule has 22 heavy (non-hydrogen) atoms. The van der Waals surface area contributed by atoms with Gasteiger partial charge in [-0.3, -0.25) is 0 Å². The summed E-state index contributed by atoms with van der Waals surface area (Å²) >= 11 is 0. The van der Waals surface area contributed by atoms with E-state index in [1.54, 1.807) is 0 Å². The zero-order valence-electron chi connectivity index (χ0n) is 12.2. The number of hydrogen-bond donors (Lipinski definition) is 0. The highest BCUT2D eigenvalue weighted by atomic mass is 16.6. The van der Waals surface area contributed by atoms with E-state index < -0.39 is 0 Å². The zero-order chi connectivity index (χ0) is 15.1. The topological polar surface area (TPSA) is 35.5 Å². The molecule has 4 rings (SSSR count). The summed E-state index contributed by atoms with van der Waals surface area (Å²) in [5.74, 6) is -0.293. The van der Waals surface area contributed by atoms with Crippen LogP contribution in [-0.4, -0.2) is 5.97 Å². The Labute approximate surface area is 129 Å². The summed E-state index contributed by atoms with van der Waals surface area (Å²) in [5, 5.41) is 0. The van der Waals surface area contributed by atoms with Gasteiger partial charge in [0.1, 0.15) is 18.3 Å². The van der Waals surface area contributed by atoms with Crippen molar-refractivity contribution in [3.05, 3.63) is 82.9 Å². The van der Waals surface area contributed by atoms with E-state index in [1.165, 1.54) is 0 Å². The molecule has 2 unspecified atom stereocenters. The van der Waals surface area contributed by atoms with E-state index in [2.05, 4.69) is 0 Å². The first-order chi connectivity index (χ1) is 10.7. The summed E-state index contributed by atoms with van der Waals surface area (Å²) in [6.45, 7) is 1.88. The number of hydrogen-bond acceptors (Lipinski definition) is 3. The Balaban J connectivity index is 1.53. The van der Waals surface area contributed by atoms with Crippen molar-refractivity contribution in [3.8, 4) is 0 Å². The van der Waals surface area contributed by atoms with Crippen molar-refractivity contribution in [1.82, 2.24) is 0 Å². The lowest BCUT2D eigenvalue weighted by atomic mass is 9.91. The predicted octanol–water partition coefficient (Wildman–Crippen LogP) is 4.04. The highest BCUT2D eigenvalue weighted by molar-refractivity contribution is 5.91. The standard InChI is InChI=1S/C19H16O3/c1-12(13-7-3-2-4-8-13)21-19(20)16-11-17-14-9-5-6-10-15(14)18(16)22-17/h2-12,17-18H,1H3/t12-,17?,18?/m1/s1. The van der Waals surface area contributed by atoms with E-state index in [-0.39, 0.29) is 24.3 Å². The second-order valence-corrected chi connectivity index (χ2v) is 5.65. The van der Waals surface area contributed by atoms with Crippen LogP contribution in [0.2, 0.25) is 0 Å². The molecule has 0 aromatic heterocycles. The number of esters is 1. The Morgan fingerprint density at radius 2 is 1.73 bits per heavy atom. The van der Waals surface area contributed by atoms with Gasteiger partial charge in [-0.2, -0.15) is 0 Å². The summed E-state index contributed by atoms with van der Waals surface area (Å²) in [4.78, 5) is 12.5. The number of benzene rings is 2.